The Bertz CT molecular complexity index is 272. The molecule has 2 fully saturated rings. The van der Waals surface area contributed by atoms with Crippen molar-refractivity contribution in [2.24, 2.45) is 5.73 Å². The second kappa shape index (κ2) is 5.08. The molecule has 17 heavy (non-hydrogen) atoms. The van der Waals surface area contributed by atoms with Crippen molar-refractivity contribution in [3.63, 3.8) is 0 Å². The maximum Gasteiger partial charge on any atom is 0.0644 e. The summed E-state index contributed by atoms with van der Waals surface area (Å²) in [7, 11) is 0. The van der Waals surface area contributed by atoms with Crippen molar-refractivity contribution in [3.8, 4) is 0 Å². The number of nitrogens with zero attached hydrogens (tertiary/aromatic N) is 1. The molecule has 2 aliphatic rings. The zero-order chi connectivity index (χ0) is 12.5. The molecule has 4 heteroatoms. The fourth-order valence-electron chi connectivity index (χ4n) is 3.42. The summed E-state index contributed by atoms with van der Waals surface area (Å²) < 4.78 is 5.86. The van der Waals surface area contributed by atoms with Crippen LogP contribution in [-0.2, 0) is 4.74 Å². The van der Waals surface area contributed by atoms with Crippen LogP contribution in [0.15, 0.2) is 0 Å². The highest BCUT2D eigenvalue weighted by molar-refractivity contribution is 7.99. The van der Waals surface area contributed by atoms with Crippen LogP contribution in [0.2, 0.25) is 0 Å². The number of ether oxygens (including phenoxy) is 1. The van der Waals surface area contributed by atoms with Crippen LogP contribution in [0.4, 0.5) is 0 Å². The molecule has 0 amide bonds. The largest absolute Gasteiger partial charge is 0.375 e. The third-order valence-corrected chi connectivity index (χ3v) is 5.36. The number of rotatable bonds is 2. The Morgan fingerprint density at radius 3 is 2.82 bits per heavy atom. The highest BCUT2D eigenvalue weighted by Crippen LogP contribution is 2.38. The maximum absolute atomic E-state index is 6.15. The van der Waals surface area contributed by atoms with Crippen molar-refractivity contribution in [1.29, 1.82) is 0 Å². The molecule has 0 spiro atoms. The average molecular weight is 258 g/mol. The van der Waals surface area contributed by atoms with Gasteiger partial charge in [-0.25, -0.2) is 0 Å². The van der Waals surface area contributed by atoms with Crippen molar-refractivity contribution >= 4 is 11.8 Å². The molecule has 0 saturated carbocycles. The van der Waals surface area contributed by atoms with E-state index in [0.29, 0.717) is 6.04 Å². The fourth-order valence-corrected chi connectivity index (χ4v) is 4.43. The predicted octanol–water partition coefficient (Wildman–Crippen LogP) is 1.71. The van der Waals surface area contributed by atoms with Gasteiger partial charge in [-0.3, -0.25) is 4.90 Å². The Hall–Kier alpha value is 0.230. The standard InChI is InChI=1S/C13H26N2OS/c1-11-8-17-7-5-15(11)13(10-14)4-6-16-12(2,3)9-13/h11H,4-10,14H2,1-3H3. The lowest BCUT2D eigenvalue weighted by molar-refractivity contribution is -0.123. The quantitative estimate of drug-likeness (QED) is 0.818. The molecule has 0 radical (unpaired) electrons. The van der Waals surface area contributed by atoms with E-state index in [2.05, 4.69) is 37.4 Å². The van der Waals surface area contributed by atoms with Crippen molar-refractivity contribution in [2.45, 2.75) is 50.8 Å². The van der Waals surface area contributed by atoms with Crippen molar-refractivity contribution in [1.82, 2.24) is 4.90 Å². The van der Waals surface area contributed by atoms with Crippen molar-refractivity contribution in [3.05, 3.63) is 0 Å². The summed E-state index contributed by atoms with van der Waals surface area (Å²) in [5, 5.41) is 0. The molecule has 2 aliphatic heterocycles. The van der Waals surface area contributed by atoms with Crippen molar-refractivity contribution < 1.29 is 4.74 Å². The Morgan fingerprint density at radius 1 is 1.47 bits per heavy atom. The average Bonchev–Trinajstić information content (AvgIpc) is 2.28. The third-order valence-electron chi connectivity index (χ3n) is 4.17. The minimum atomic E-state index is -0.0259. The summed E-state index contributed by atoms with van der Waals surface area (Å²) in [6.45, 7) is 9.51. The van der Waals surface area contributed by atoms with Gasteiger partial charge in [-0.2, -0.15) is 11.8 Å². The van der Waals surface area contributed by atoms with Crippen LogP contribution >= 0.6 is 11.8 Å². The van der Waals surface area contributed by atoms with Gasteiger partial charge in [0.2, 0.25) is 0 Å². The molecule has 0 aromatic rings. The normalized spacial score (nSPS) is 39.2. The Labute approximate surface area is 109 Å². The molecule has 2 heterocycles. The van der Waals surface area contributed by atoms with Gasteiger partial charge < -0.3 is 10.5 Å². The Kier molecular flexibility index (Phi) is 4.08. The SMILES string of the molecule is CC1CSCCN1C1(CN)CCOC(C)(C)C1. The minimum absolute atomic E-state index is 0.0259. The minimum Gasteiger partial charge on any atom is -0.375 e. The number of hydrogen-bond acceptors (Lipinski definition) is 4. The van der Waals surface area contributed by atoms with Gasteiger partial charge in [-0.15, -0.1) is 0 Å². The second-order valence-corrected chi connectivity index (χ2v) is 7.23. The lowest BCUT2D eigenvalue weighted by Gasteiger charge is -2.54. The summed E-state index contributed by atoms with van der Waals surface area (Å²) in [6.07, 6.45) is 2.15. The van der Waals surface area contributed by atoms with E-state index in [-0.39, 0.29) is 11.1 Å². The van der Waals surface area contributed by atoms with E-state index in [1.807, 2.05) is 0 Å². The summed E-state index contributed by atoms with van der Waals surface area (Å²) in [4.78, 5) is 2.66. The van der Waals surface area contributed by atoms with Gasteiger partial charge in [0, 0.05) is 42.8 Å². The van der Waals surface area contributed by atoms with E-state index in [1.54, 1.807) is 0 Å². The Balaban J connectivity index is 2.17. The van der Waals surface area contributed by atoms with Gasteiger partial charge in [0.15, 0.2) is 0 Å². The lowest BCUT2D eigenvalue weighted by Crippen LogP contribution is -2.64. The molecule has 100 valence electrons. The molecular formula is C13H26N2OS. The van der Waals surface area contributed by atoms with Crippen LogP contribution in [0.3, 0.4) is 0 Å². The van der Waals surface area contributed by atoms with E-state index in [9.17, 15) is 0 Å². The van der Waals surface area contributed by atoms with E-state index in [0.717, 1.165) is 26.0 Å². The molecule has 2 unspecified atom stereocenters. The Morgan fingerprint density at radius 2 is 2.24 bits per heavy atom. The molecule has 2 atom stereocenters. The van der Waals surface area contributed by atoms with E-state index in [1.165, 1.54) is 18.1 Å². The van der Waals surface area contributed by atoms with Gasteiger partial charge in [0.25, 0.3) is 0 Å². The van der Waals surface area contributed by atoms with Crippen LogP contribution in [0.5, 0.6) is 0 Å². The molecular weight excluding hydrogens is 232 g/mol. The van der Waals surface area contributed by atoms with Crippen LogP contribution in [0.25, 0.3) is 0 Å². The summed E-state index contributed by atoms with van der Waals surface area (Å²) in [6, 6.07) is 0.645. The van der Waals surface area contributed by atoms with E-state index in [4.69, 9.17) is 10.5 Å². The molecule has 2 saturated heterocycles. The first-order chi connectivity index (χ1) is 7.99. The molecule has 0 bridgehead atoms. The highest BCUT2D eigenvalue weighted by Gasteiger charge is 2.45. The van der Waals surface area contributed by atoms with Crippen LogP contribution in [0.1, 0.15) is 33.6 Å². The van der Waals surface area contributed by atoms with Crippen LogP contribution in [-0.4, -0.2) is 53.3 Å². The molecule has 2 rings (SSSR count). The first-order valence-electron chi connectivity index (χ1n) is 6.68. The zero-order valence-corrected chi connectivity index (χ0v) is 12.2. The van der Waals surface area contributed by atoms with Gasteiger partial charge in [-0.1, -0.05) is 0 Å². The lowest BCUT2D eigenvalue weighted by atomic mass is 9.79. The zero-order valence-electron chi connectivity index (χ0n) is 11.4. The van der Waals surface area contributed by atoms with Crippen LogP contribution < -0.4 is 5.73 Å². The molecule has 0 aromatic carbocycles. The van der Waals surface area contributed by atoms with Crippen molar-refractivity contribution in [2.75, 3.05) is 31.2 Å². The van der Waals surface area contributed by atoms with Gasteiger partial charge >= 0.3 is 0 Å². The molecule has 0 aromatic heterocycles. The third kappa shape index (κ3) is 2.80. The summed E-state index contributed by atoms with van der Waals surface area (Å²) in [5.41, 5.74) is 6.29. The summed E-state index contributed by atoms with van der Waals surface area (Å²) in [5.74, 6) is 2.48. The predicted molar refractivity (Wildman–Crippen MR) is 74.5 cm³/mol. The second-order valence-electron chi connectivity index (χ2n) is 6.08. The van der Waals surface area contributed by atoms with Gasteiger partial charge in [0.1, 0.15) is 0 Å². The molecule has 2 N–H and O–H groups in total. The maximum atomic E-state index is 6.15. The van der Waals surface area contributed by atoms with E-state index < -0.39 is 0 Å². The monoisotopic (exact) mass is 258 g/mol. The smallest absolute Gasteiger partial charge is 0.0644 e. The van der Waals surface area contributed by atoms with Gasteiger partial charge in [-0.05, 0) is 33.6 Å². The fraction of sp³-hybridized carbons (Fsp3) is 1.00. The van der Waals surface area contributed by atoms with E-state index >= 15 is 0 Å². The highest BCUT2D eigenvalue weighted by atomic mass is 32.2. The first kappa shape index (κ1) is 13.7. The topological polar surface area (TPSA) is 38.5 Å². The number of nitrogens with two attached hydrogens (primary N) is 1. The number of thioether (sulfide) groups is 1. The number of hydrogen-bond donors (Lipinski definition) is 1. The molecule has 3 nitrogen and oxygen atoms in total. The summed E-state index contributed by atoms with van der Waals surface area (Å²) >= 11 is 2.07. The van der Waals surface area contributed by atoms with Gasteiger partial charge in [0.05, 0.1) is 5.60 Å². The van der Waals surface area contributed by atoms with Crippen LogP contribution in [0, 0.1) is 0 Å². The molecule has 0 aliphatic carbocycles. The first-order valence-corrected chi connectivity index (χ1v) is 7.83.